The number of nitrogens with zero attached hydrogens (tertiary/aromatic N) is 5. The highest BCUT2D eigenvalue weighted by atomic mass is 19.4. The van der Waals surface area contributed by atoms with Gasteiger partial charge in [-0.2, -0.15) is 13.2 Å². The van der Waals surface area contributed by atoms with Crippen LogP contribution in [0, 0.1) is 5.92 Å². The van der Waals surface area contributed by atoms with Gasteiger partial charge in [-0.05, 0) is 50.4 Å². The first kappa shape index (κ1) is 21.5. The zero-order valence-corrected chi connectivity index (χ0v) is 17.0. The highest BCUT2D eigenvalue weighted by molar-refractivity contribution is 5.84. The second kappa shape index (κ2) is 8.78. The lowest BCUT2D eigenvalue weighted by atomic mass is 9.95. The number of amides is 1. The molecule has 0 N–H and O–H groups in total. The zero-order valence-electron chi connectivity index (χ0n) is 17.0. The van der Waals surface area contributed by atoms with Crippen LogP contribution in [-0.4, -0.2) is 68.6 Å². The standard InChI is InChI=1S/C21H24F3N5O2/c22-21(23,24)13-28-9-5-18(20(28)31)27-7-3-15(4-8-27)12-29-14-26-17(10-19(29)30)16-2-1-6-25-11-16/h1-2,6,10-11,14-15,18H,3-5,7-9,12-13H2. The first-order chi connectivity index (χ1) is 14.8. The summed E-state index contributed by atoms with van der Waals surface area (Å²) in [6.07, 6.45) is 2.47. The fourth-order valence-corrected chi connectivity index (χ4v) is 4.40. The van der Waals surface area contributed by atoms with E-state index in [4.69, 9.17) is 0 Å². The van der Waals surface area contributed by atoms with E-state index in [0.29, 0.717) is 31.7 Å². The summed E-state index contributed by atoms with van der Waals surface area (Å²) in [5, 5.41) is 0. The van der Waals surface area contributed by atoms with Crippen LogP contribution in [0.25, 0.3) is 11.3 Å². The van der Waals surface area contributed by atoms with Crippen LogP contribution >= 0.6 is 0 Å². The normalized spacial score (nSPS) is 21.1. The Bertz CT molecular complexity index is 971. The number of likely N-dealkylation sites (tertiary alicyclic amines) is 2. The molecule has 2 fully saturated rings. The van der Waals surface area contributed by atoms with Crippen molar-refractivity contribution in [3.63, 3.8) is 0 Å². The van der Waals surface area contributed by atoms with Gasteiger partial charge in [0.2, 0.25) is 5.91 Å². The van der Waals surface area contributed by atoms with Crippen LogP contribution in [0.15, 0.2) is 41.7 Å². The number of hydrogen-bond acceptors (Lipinski definition) is 5. The van der Waals surface area contributed by atoms with Crippen molar-refractivity contribution in [1.29, 1.82) is 0 Å². The van der Waals surface area contributed by atoms with Crippen LogP contribution in [-0.2, 0) is 11.3 Å². The molecule has 2 aromatic rings. The topological polar surface area (TPSA) is 71.3 Å². The van der Waals surface area contributed by atoms with E-state index in [-0.39, 0.29) is 18.0 Å². The first-order valence-corrected chi connectivity index (χ1v) is 10.4. The van der Waals surface area contributed by atoms with Crippen LogP contribution in [0.4, 0.5) is 13.2 Å². The largest absolute Gasteiger partial charge is 0.406 e. The Balaban J connectivity index is 1.32. The number of pyridine rings is 1. The summed E-state index contributed by atoms with van der Waals surface area (Å²) in [6.45, 7) is 0.774. The van der Waals surface area contributed by atoms with E-state index in [0.717, 1.165) is 23.3 Å². The quantitative estimate of drug-likeness (QED) is 0.720. The number of aromatic nitrogens is 3. The molecule has 7 nitrogen and oxygen atoms in total. The van der Waals surface area contributed by atoms with Crippen molar-refractivity contribution in [2.45, 2.75) is 38.0 Å². The summed E-state index contributed by atoms with van der Waals surface area (Å²) in [4.78, 5) is 36.2. The predicted octanol–water partition coefficient (Wildman–Crippen LogP) is 2.18. The fraction of sp³-hybridized carbons (Fsp3) is 0.524. The minimum absolute atomic E-state index is 0.134. The van der Waals surface area contributed by atoms with Crippen LogP contribution in [0.1, 0.15) is 19.3 Å². The lowest BCUT2D eigenvalue weighted by Gasteiger charge is -2.35. The maximum atomic E-state index is 12.6. The molecule has 0 radical (unpaired) electrons. The minimum Gasteiger partial charge on any atom is -0.332 e. The SMILES string of the molecule is O=C1C(N2CCC(Cn3cnc(-c4cccnc4)cc3=O)CC2)CCN1CC(F)(F)F. The second-order valence-corrected chi connectivity index (χ2v) is 8.17. The molecule has 0 aromatic carbocycles. The Morgan fingerprint density at radius 1 is 1.10 bits per heavy atom. The first-order valence-electron chi connectivity index (χ1n) is 10.4. The van der Waals surface area contributed by atoms with Gasteiger partial charge in [0.05, 0.1) is 18.1 Å². The van der Waals surface area contributed by atoms with Gasteiger partial charge in [-0.15, -0.1) is 0 Å². The summed E-state index contributed by atoms with van der Waals surface area (Å²) in [7, 11) is 0. The monoisotopic (exact) mass is 435 g/mol. The van der Waals surface area contributed by atoms with Crippen LogP contribution < -0.4 is 5.56 Å². The molecule has 1 atom stereocenters. The van der Waals surface area contributed by atoms with Crippen molar-refractivity contribution >= 4 is 5.91 Å². The highest BCUT2D eigenvalue weighted by Crippen LogP contribution is 2.27. The maximum absolute atomic E-state index is 12.6. The number of hydrogen-bond donors (Lipinski definition) is 0. The van der Waals surface area contributed by atoms with Gasteiger partial charge < -0.3 is 4.90 Å². The molecule has 1 amide bonds. The van der Waals surface area contributed by atoms with Gasteiger partial charge in [-0.1, -0.05) is 0 Å². The van der Waals surface area contributed by atoms with Crippen molar-refractivity contribution in [1.82, 2.24) is 24.3 Å². The Kier molecular flexibility index (Phi) is 6.08. The third-order valence-corrected chi connectivity index (χ3v) is 6.02. The van der Waals surface area contributed by atoms with Crippen LogP contribution in [0.3, 0.4) is 0 Å². The molecular weight excluding hydrogens is 411 g/mol. The molecule has 0 aliphatic carbocycles. The predicted molar refractivity (Wildman–Crippen MR) is 107 cm³/mol. The molecule has 4 heterocycles. The molecular formula is C21H24F3N5O2. The van der Waals surface area contributed by atoms with Crippen molar-refractivity contribution in [2.24, 2.45) is 5.92 Å². The summed E-state index contributed by atoms with van der Waals surface area (Å²) in [6, 6.07) is 4.66. The number of rotatable bonds is 5. The number of carbonyl (C=O) groups is 1. The Morgan fingerprint density at radius 3 is 2.52 bits per heavy atom. The lowest BCUT2D eigenvalue weighted by Crippen LogP contribution is -2.47. The van der Waals surface area contributed by atoms with Crippen molar-refractivity contribution in [3.05, 3.63) is 47.3 Å². The van der Waals surface area contributed by atoms with E-state index < -0.39 is 24.7 Å². The number of halogens is 3. The molecule has 1 unspecified atom stereocenters. The Hall–Kier alpha value is -2.75. The van der Waals surface area contributed by atoms with E-state index in [2.05, 4.69) is 9.97 Å². The number of carbonyl (C=O) groups excluding carboxylic acids is 1. The third kappa shape index (κ3) is 5.12. The average molecular weight is 435 g/mol. The Morgan fingerprint density at radius 2 is 1.87 bits per heavy atom. The smallest absolute Gasteiger partial charge is 0.332 e. The lowest BCUT2D eigenvalue weighted by molar-refractivity contribution is -0.159. The average Bonchev–Trinajstić information content (AvgIpc) is 3.09. The molecule has 166 valence electrons. The molecule has 2 aliphatic rings. The van der Waals surface area contributed by atoms with Crippen molar-refractivity contribution < 1.29 is 18.0 Å². The Labute approximate surface area is 177 Å². The summed E-state index contributed by atoms with van der Waals surface area (Å²) in [5.74, 6) is -0.176. The third-order valence-electron chi connectivity index (χ3n) is 6.02. The molecule has 0 bridgehead atoms. The zero-order chi connectivity index (χ0) is 22.0. The molecule has 0 saturated carbocycles. The highest BCUT2D eigenvalue weighted by Gasteiger charge is 2.42. The molecule has 0 spiro atoms. The molecule has 2 saturated heterocycles. The molecule has 4 rings (SSSR count). The fourth-order valence-electron chi connectivity index (χ4n) is 4.40. The molecule has 10 heteroatoms. The van der Waals surface area contributed by atoms with Gasteiger partial charge in [0, 0.05) is 37.1 Å². The van der Waals surface area contributed by atoms with E-state index in [9.17, 15) is 22.8 Å². The van der Waals surface area contributed by atoms with Crippen molar-refractivity contribution in [3.8, 4) is 11.3 Å². The second-order valence-electron chi connectivity index (χ2n) is 8.17. The molecule has 2 aliphatic heterocycles. The minimum atomic E-state index is -4.37. The van der Waals surface area contributed by atoms with Gasteiger partial charge >= 0.3 is 6.18 Å². The van der Waals surface area contributed by atoms with Gasteiger partial charge in [-0.3, -0.25) is 24.0 Å². The van der Waals surface area contributed by atoms with E-state index in [1.165, 1.54) is 6.07 Å². The summed E-state index contributed by atoms with van der Waals surface area (Å²) in [5.41, 5.74) is 1.22. The van der Waals surface area contributed by atoms with Gasteiger partial charge in [0.15, 0.2) is 0 Å². The van der Waals surface area contributed by atoms with Gasteiger partial charge in [0.1, 0.15) is 6.54 Å². The summed E-state index contributed by atoms with van der Waals surface area (Å²) < 4.78 is 39.4. The summed E-state index contributed by atoms with van der Waals surface area (Å²) >= 11 is 0. The molecule has 2 aromatic heterocycles. The van der Waals surface area contributed by atoms with Crippen LogP contribution in [0.2, 0.25) is 0 Å². The van der Waals surface area contributed by atoms with Gasteiger partial charge in [0.25, 0.3) is 5.56 Å². The van der Waals surface area contributed by atoms with Crippen LogP contribution in [0.5, 0.6) is 0 Å². The molecule has 31 heavy (non-hydrogen) atoms. The number of alkyl halides is 3. The maximum Gasteiger partial charge on any atom is 0.406 e. The number of piperidine rings is 1. The van der Waals surface area contributed by atoms with E-state index in [1.54, 1.807) is 29.4 Å². The van der Waals surface area contributed by atoms with E-state index >= 15 is 0 Å². The van der Waals surface area contributed by atoms with Gasteiger partial charge in [-0.25, -0.2) is 4.98 Å². The van der Waals surface area contributed by atoms with E-state index in [1.807, 2.05) is 11.0 Å². The van der Waals surface area contributed by atoms with Crippen molar-refractivity contribution in [2.75, 3.05) is 26.2 Å².